The van der Waals surface area contributed by atoms with Crippen molar-refractivity contribution < 1.29 is 0 Å². The van der Waals surface area contributed by atoms with Crippen molar-refractivity contribution >= 4 is 51.9 Å². The molecule has 0 spiro atoms. The molecule has 1 aliphatic carbocycles. The fraction of sp³-hybridized carbons (Fsp3) is 0.185. The van der Waals surface area contributed by atoms with E-state index in [-0.39, 0.29) is 11.8 Å². The highest BCUT2D eigenvalue weighted by atomic mass is 35.5. The van der Waals surface area contributed by atoms with Crippen LogP contribution in [0.2, 0.25) is 10.0 Å². The summed E-state index contributed by atoms with van der Waals surface area (Å²) in [6.07, 6.45) is 0. The Morgan fingerprint density at radius 1 is 0.875 bits per heavy atom. The van der Waals surface area contributed by atoms with Crippen LogP contribution in [0.15, 0.2) is 85.6 Å². The van der Waals surface area contributed by atoms with E-state index in [1.54, 1.807) is 0 Å². The molecule has 5 heteroatoms. The Hall–Kier alpha value is -2.39. The number of benzene rings is 3. The molecule has 1 aliphatic rings. The maximum absolute atomic E-state index is 6.87. The van der Waals surface area contributed by atoms with Gasteiger partial charge in [-0.2, -0.15) is 0 Å². The normalized spacial score (nSPS) is 21.7. The van der Waals surface area contributed by atoms with Crippen molar-refractivity contribution in [2.45, 2.75) is 24.6 Å². The molecule has 32 heavy (non-hydrogen) atoms. The molecule has 2 nitrogen and oxygen atoms in total. The number of nitrogens with one attached hydrogen (secondary N) is 2. The predicted octanol–water partition coefficient (Wildman–Crippen LogP) is 8.72. The highest BCUT2D eigenvalue weighted by molar-refractivity contribution is 6.32. The number of allylic oxidation sites excluding steroid dienone is 1. The number of hydrogen-bond donors (Lipinski definition) is 2. The summed E-state index contributed by atoms with van der Waals surface area (Å²) in [7, 11) is 0. The molecule has 0 aromatic heterocycles. The Balaban J connectivity index is 1.50. The zero-order chi connectivity index (χ0) is 23.0. The third-order valence-electron chi connectivity index (χ3n) is 6.04. The molecule has 3 aromatic carbocycles. The van der Waals surface area contributed by atoms with Gasteiger partial charge in [0, 0.05) is 45.2 Å². The first-order valence-electron chi connectivity index (χ1n) is 10.4. The van der Waals surface area contributed by atoms with E-state index in [9.17, 15) is 0 Å². The minimum Gasteiger partial charge on any atom is -0.359 e. The first-order chi connectivity index (χ1) is 15.2. The SMILES string of the molecule is C=C(Nc1ccccc1)c1cc(NC(=C)C2C(c3ccc(C)c(Cl)c3)C2(C)Cl)ccc1Cl. The van der Waals surface area contributed by atoms with Gasteiger partial charge in [-0.3, -0.25) is 0 Å². The molecule has 1 saturated carbocycles. The minimum absolute atomic E-state index is 0.0766. The lowest BCUT2D eigenvalue weighted by Gasteiger charge is -2.15. The van der Waals surface area contributed by atoms with Gasteiger partial charge in [-0.1, -0.05) is 66.7 Å². The molecule has 2 N–H and O–H groups in total. The number of rotatable bonds is 7. The maximum atomic E-state index is 6.87. The summed E-state index contributed by atoms with van der Waals surface area (Å²) in [5, 5.41) is 8.11. The highest BCUT2D eigenvalue weighted by Crippen LogP contribution is 2.64. The summed E-state index contributed by atoms with van der Waals surface area (Å²) in [4.78, 5) is -0.420. The summed E-state index contributed by atoms with van der Waals surface area (Å²) in [5.41, 5.74) is 6.41. The second-order valence-electron chi connectivity index (χ2n) is 8.43. The fourth-order valence-corrected chi connectivity index (χ4v) is 5.07. The van der Waals surface area contributed by atoms with Gasteiger partial charge >= 0.3 is 0 Å². The van der Waals surface area contributed by atoms with Crippen LogP contribution in [0, 0.1) is 12.8 Å². The van der Waals surface area contributed by atoms with Crippen LogP contribution in [-0.2, 0) is 0 Å². The molecule has 3 aromatic rings. The Morgan fingerprint density at radius 2 is 1.59 bits per heavy atom. The first kappa shape index (κ1) is 22.8. The second kappa shape index (κ2) is 8.86. The zero-order valence-electron chi connectivity index (χ0n) is 18.1. The van der Waals surface area contributed by atoms with E-state index >= 15 is 0 Å². The molecule has 164 valence electrons. The average Bonchev–Trinajstić information content (AvgIpc) is 3.34. The number of halogens is 3. The van der Waals surface area contributed by atoms with Gasteiger partial charge in [0.25, 0.3) is 0 Å². The van der Waals surface area contributed by atoms with Gasteiger partial charge in [0.2, 0.25) is 0 Å². The Labute approximate surface area is 204 Å². The van der Waals surface area contributed by atoms with Crippen molar-refractivity contribution in [3.05, 3.63) is 112 Å². The van der Waals surface area contributed by atoms with E-state index in [1.165, 1.54) is 0 Å². The molecule has 3 unspecified atom stereocenters. The van der Waals surface area contributed by atoms with E-state index in [2.05, 4.69) is 29.9 Å². The van der Waals surface area contributed by atoms with Crippen molar-refractivity contribution in [1.29, 1.82) is 0 Å². The number of alkyl halides is 1. The average molecular weight is 484 g/mol. The van der Waals surface area contributed by atoms with Gasteiger partial charge in [-0.05, 0) is 61.4 Å². The largest absolute Gasteiger partial charge is 0.359 e. The Morgan fingerprint density at radius 3 is 2.28 bits per heavy atom. The molecule has 0 saturated heterocycles. The van der Waals surface area contributed by atoms with E-state index in [1.807, 2.05) is 74.5 Å². The van der Waals surface area contributed by atoms with E-state index in [0.717, 1.165) is 44.5 Å². The zero-order valence-corrected chi connectivity index (χ0v) is 20.3. The van der Waals surface area contributed by atoms with E-state index < -0.39 is 4.87 Å². The fourth-order valence-electron chi connectivity index (χ4n) is 4.21. The summed E-state index contributed by atoms with van der Waals surface area (Å²) < 4.78 is 0. The van der Waals surface area contributed by atoms with Crippen LogP contribution in [0.1, 0.15) is 29.5 Å². The quantitative estimate of drug-likeness (QED) is 0.328. The lowest BCUT2D eigenvalue weighted by atomic mass is 10.1. The third-order valence-corrected chi connectivity index (χ3v) is 7.24. The van der Waals surface area contributed by atoms with Crippen molar-refractivity contribution in [3.8, 4) is 0 Å². The van der Waals surface area contributed by atoms with Gasteiger partial charge in [0.1, 0.15) is 0 Å². The van der Waals surface area contributed by atoms with Crippen LogP contribution >= 0.6 is 34.8 Å². The molecule has 0 heterocycles. The lowest BCUT2D eigenvalue weighted by molar-refractivity contribution is 0.899. The number of anilines is 2. The Bertz CT molecular complexity index is 1180. The summed E-state index contributed by atoms with van der Waals surface area (Å²) >= 11 is 19.7. The number of hydrogen-bond acceptors (Lipinski definition) is 2. The van der Waals surface area contributed by atoms with Gasteiger partial charge in [-0.15, -0.1) is 11.6 Å². The molecule has 0 aliphatic heterocycles. The third kappa shape index (κ3) is 4.54. The molecule has 0 bridgehead atoms. The van der Waals surface area contributed by atoms with Gasteiger partial charge < -0.3 is 10.6 Å². The van der Waals surface area contributed by atoms with Crippen LogP contribution < -0.4 is 10.6 Å². The maximum Gasteiger partial charge on any atom is 0.0582 e. The highest BCUT2D eigenvalue weighted by Gasteiger charge is 2.62. The van der Waals surface area contributed by atoms with Gasteiger partial charge in [0.05, 0.1) is 9.90 Å². The number of aryl methyl sites for hydroxylation is 1. The number of para-hydroxylation sites is 1. The molecule has 0 radical (unpaired) electrons. The topological polar surface area (TPSA) is 24.1 Å². The monoisotopic (exact) mass is 482 g/mol. The summed E-state index contributed by atoms with van der Waals surface area (Å²) in [6.45, 7) is 12.5. The summed E-state index contributed by atoms with van der Waals surface area (Å²) in [5.74, 6) is 0.219. The van der Waals surface area contributed by atoms with Crippen molar-refractivity contribution in [3.63, 3.8) is 0 Å². The van der Waals surface area contributed by atoms with Crippen LogP contribution in [0.4, 0.5) is 11.4 Å². The molecular formula is C27H25Cl3N2. The van der Waals surface area contributed by atoms with Crippen LogP contribution in [0.3, 0.4) is 0 Å². The van der Waals surface area contributed by atoms with Gasteiger partial charge in [-0.25, -0.2) is 0 Å². The molecular weight excluding hydrogens is 459 g/mol. The lowest BCUT2D eigenvalue weighted by Crippen LogP contribution is -2.06. The minimum atomic E-state index is -0.420. The van der Waals surface area contributed by atoms with Crippen LogP contribution in [-0.4, -0.2) is 4.87 Å². The first-order valence-corrected chi connectivity index (χ1v) is 11.5. The Kier molecular flexibility index (Phi) is 6.31. The second-order valence-corrected chi connectivity index (χ2v) is 10.1. The smallest absolute Gasteiger partial charge is 0.0582 e. The van der Waals surface area contributed by atoms with Gasteiger partial charge in [0.15, 0.2) is 0 Å². The van der Waals surface area contributed by atoms with Crippen LogP contribution in [0.25, 0.3) is 5.70 Å². The van der Waals surface area contributed by atoms with E-state index in [0.29, 0.717) is 5.02 Å². The molecule has 1 fully saturated rings. The molecule has 0 amide bonds. The molecule has 3 atom stereocenters. The predicted molar refractivity (Wildman–Crippen MR) is 140 cm³/mol. The van der Waals surface area contributed by atoms with E-state index in [4.69, 9.17) is 34.8 Å². The van der Waals surface area contributed by atoms with Crippen molar-refractivity contribution in [2.75, 3.05) is 10.6 Å². The van der Waals surface area contributed by atoms with Crippen molar-refractivity contribution in [1.82, 2.24) is 0 Å². The summed E-state index contributed by atoms with van der Waals surface area (Å²) in [6, 6.07) is 21.8. The van der Waals surface area contributed by atoms with Crippen LogP contribution in [0.5, 0.6) is 0 Å². The van der Waals surface area contributed by atoms with Crippen molar-refractivity contribution in [2.24, 2.45) is 5.92 Å². The standard InChI is InChI=1S/C27H25Cl3N2/c1-16-10-11-19(14-24(16)29)26-25(27(26,4)30)18(3)32-21-12-13-23(28)22(15-21)17(2)31-20-8-6-5-7-9-20/h5-15,25-26,31-32H,2-3H2,1,4H3. The molecule has 4 rings (SSSR count).